The Bertz CT molecular complexity index is 520. The van der Waals surface area contributed by atoms with Gasteiger partial charge in [0.25, 0.3) is 0 Å². The van der Waals surface area contributed by atoms with Gasteiger partial charge in [0.2, 0.25) is 11.6 Å². The van der Waals surface area contributed by atoms with Crippen LogP contribution in [0.15, 0.2) is 6.07 Å². The first-order chi connectivity index (χ1) is 9.54. The molecule has 0 saturated heterocycles. The second kappa shape index (κ2) is 5.96. The number of carboxylic acid groups (broad SMARTS) is 1. The minimum absolute atomic E-state index is 0.00212. The molecule has 0 aromatic heterocycles. The molecule has 1 aromatic rings. The molecule has 7 heteroatoms. The molecule has 0 saturated carbocycles. The van der Waals surface area contributed by atoms with Crippen molar-refractivity contribution in [2.75, 3.05) is 20.3 Å². The van der Waals surface area contributed by atoms with Gasteiger partial charge in [-0.15, -0.1) is 0 Å². The lowest BCUT2D eigenvalue weighted by Crippen LogP contribution is -2.19. The number of halogens is 1. The summed E-state index contributed by atoms with van der Waals surface area (Å²) in [5.41, 5.74) is 6.29. The Morgan fingerprint density at radius 1 is 1.55 bits per heavy atom. The predicted octanol–water partition coefficient (Wildman–Crippen LogP) is 1.47. The fraction of sp³-hybridized carbons (Fsp3) is 0.462. The Morgan fingerprint density at radius 3 is 2.90 bits per heavy atom. The molecule has 1 aromatic carbocycles. The van der Waals surface area contributed by atoms with E-state index in [4.69, 9.17) is 25.1 Å². The number of rotatable bonds is 5. The van der Waals surface area contributed by atoms with E-state index in [-0.39, 0.29) is 36.7 Å². The van der Waals surface area contributed by atoms with Crippen molar-refractivity contribution in [2.24, 2.45) is 5.73 Å². The van der Waals surface area contributed by atoms with Crippen LogP contribution in [0.4, 0.5) is 4.39 Å². The molecule has 0 fully saturated rings. The van der Waals surface area contributed by atoms with E-state index in [1.54, 1.807) is 6.07 Å². The lowest BCUT2D eigenvalue weighted by atomic mass is 10.0. The number of fused-ring (bicyclic) bond motifs is 1. The van der Waals surface area contributed by atoms with Crippen molar-refractivity contribution in [1.29, 1.82) is 0 Å². The summed E-state index contributed by atoms with van der Waals surface area (Å²) in [5.74, 6) is -1.41. The van der Waals surface area contributed by atoms with Crippen molar-refractivity contribution in [3.05, 3.63) is 17.4 Å². The highest BCUT2D eigenvalue weighted by Gasteiger charge is 2.26. The molecule has 0 spiro atoms. The van der Waals surface area contributed by atoms with Gasteiger partial charge < -0.3 is 25.1 Å². The maximum atomic E-state index is 14.3. The zero-order valence-electron chi connectivity index (χ0n) is 11.0. The summed E-state index contributed by atoms with van der Waals surface area (Å²) < 4.78 is 29.8. The number of benzene rings is 1. The molecule has 20 heavy (non-hydrogen) atoms. The summed E-state index contributed by atoms with van der Waals surface area (Å²) >= 11 is 0. The Kier molecular flexibility index (Phi) is 4.29. The molecule has 1 unspecified atom stereocenters. The third-order valence-corrected chi connectivity index (χ3v) is 3.03. The van der Waals surface area contributed by atoms with Crippen molar-refractivity contribution in [2.45, 2.75) is 18.9 Å². The van der Waals surface area contributed by atoms with Crippen LogP contribution in [0.1, 0.15) is 24.4 Å². The first kappa shape index (κ1) is 14.4. The van der Waals surface area contributed by atoms with E-state index in [2.05, 4.69) is 0 Å². The highest BCUT2D eigenvalue weighted by atomic mass is 19.1. The molecular formula is C13H16FNO5. The van der Waals surface area contributed by atoms with Crippen LogP contribution in [0, 0.1) is 5.82 Å². The van der Waals surface area contributed by atoms with E-state index < -0.39 is 17.8 Å². The van der Waals surface area contributed by atoms with Crippen LogP contribution in [0.25, 0.3) is 0 Å². The van der Waals surface area contributed by atoms with Crippen LogP contribution in [0.3, 0.4) is 0 Å². The molecular weight excluding hydrogens is 269 g/mol. The number of methoxy groups -OCH3 is 1. The van der Waals surface area contributed by atoms with E-state index >= 15 is 0 Å². The number of hydrogen-bond donors (Lipinski definition) is 2. The topological polar surface area (TPSA) is 91.0 Å². The third kappa shape index (κ3) is 2.77. The Morgan fingerprint density at radius 2 is 2.25 bits per heavy atom. The molecule has 2 rings (SSSR count). The van der Waals surface area contributed by atoms with Gasteiger partial charge in [-0.25, -0.2) is 0 Å². The summed E-state index contributed by atoms with van der Waals surface area (Å²) in [6.45, 7) is 0.583. The van der Waals surface area contributed by atoms with Crippen molar-refractivity contribution in [3.63, 3.8) is 0 Å². The molecule has 1 aliphatic heterocycles. The number of hydrogen-bond acceptors (Lipinski definition) is 5. The smallest absolute Gasteiger partial charge is 0.303 e. The average molecular weight is 285 g/mol. The van der Waals surface area contributed by atoms with Gasteiger partial charge in [0, 0.05) is 18.0 Å². The molecule has 3 N–H and O–H groups in total. The molecule has 1 heterocycles. The van der Waals surface area contributed by atoms with Crippen molar-refractivity contribution in [1.82, 2.24) is 0 Å². The van der Waals surface area contributed by atoms with Gasteiger partial charge in [-0.2, -0.15) is 4.39 Å². The van der Waals surface area contributed by atoms with Crippen LogP contribution in [-0.4, -0.2) is 31.4 Å². The molecule has 1 atom stereocenters. The lowest BCUT2D eigenvalue weighted by molar-refractivity contribution is -0.137. The molecule has 1 aliphatic rings. The van der Waals surface area contributed by atoms with Crippen molar-refractivity contribution < 1.29 is 28.5 Å². The summed E-state index contributed by atoms with van der Waals surface area (Å²) in [4.78, 5) is 10.6. The first-order valence-electron chi connectivity index (χ1n) is 6.18. The SMILES string of the molecule is COc1c(C(N)CCC(=O)O)cc2c(c1F)OCCO2. The lowest BCUT2D eigenvalue weighted by Gasteiger charge is -2.23. The van der Waals surface area contributed by atoms with Crippen LogP contribution < -0.4 is 19.9 Å². The van der Waals surface area contributed by atoms with Gasteiger partial charge in [0.15, 0.2) is 11.5 Å². The molecule has 110 valence electrons. The zero-order valence-corrected chi connectivity index (χ0v) is 11.0. The predicted molar refractivity (Wildman–Crippen MR) is 67.7 cm³/mol. The molecule has 0 amide bonds. The van der Waals surface area contributed by atoms with Crippen LogP contribution in [-0.2, 0) is 4.79 Å². The van der Waals surface area contributed by atoms with E-state index in [1.807, 2.05) is 0 Å². The zero-order chi connectivity index (χ0) is 14.7. The number of carbonyl (C=O) groups is 1. The molecule has 6 nitrogen and oxygen atoms in total. The highest BCUT2D eigenvalue weighted by Crippen LogP contribution is 2.42. The van der Waals surface area contributed by atoms with E-state index in [0.717, 1.165) is 0 Å². The monoisotopic (exact) mass is 285 g/mol. The number of aliphatic carboxylic acids is 1. The molecule has 0 aliphatic carbocycles. The van der Waals surface area contributed by atoms with Crippen molar-refractivity contribution >= 4 is 5.97 Å². The highest BCUT2D eigenvalue weighted by molar-refractivity contribution is 5.66. The average Bonchev–Trinajstić information content (AvgIpc) is 2.44. The summed E-state index contributed by atoms with van der Waals surface area (Å²) in [7, 11) is 1.32. The molecule has 0 bridgehead atoms. The second-order valence-corrected chi connectivity index (χ2v) is 4.38. The number of carboxylic acids is 1. The summed E-state index contributed by atoms with van der Waals surface area (Å²) in [6, 6.07) is 0.884. The van der Waals surface area contributed by atoms with E-state index in [0.29, 0.717) is 12.2 Å². The van der Waals surface area contributed by atoms with Gasteiger partial charge >= 0.3 is 5.97 Å². The Labute approximate surface area is 115 Å². The maximum absolute atomic E-state index is 14.3. The quantitative estimate of drug-likeness (QED) is 0.851. The summed E-state index contributed by atoms with van der Waals surface area (Å²) in [6.07, 6.45) is 0.0607. The number of nitrogens with two attached hydrogens (primary N) is 1. The van der Waals surface area contributed by atoms with Crippen LogP contribution in [0.2, 0.25) is 0 Å². The maximum Gasteiger partial charge on any atom is 0.303 e. The fourth-order valence-electron chi connectivity index (χ4n) is 2.06. The van der Waals surface area contributed by atoms with E-state index in [9.17, 15) is 9.18 Å². The minimum Gasteiger partial charge on any atom is -0.493 e. The fourth-order valence-corrected chi connectivity index (χ4v) is 2.06. The van der Waals surface area contributed by atoms with Gasteiger partial charge in [-0.05, 0) is 12.5 Å². The normalized spacial score (nSPS) is 14.8. The number of ether oxygens (including phenoxy) is 3. The van der Waals surface area contributed by atoms with Gasteiger partial charge in [0.05, 0.1) is 7.11 Å². The first-order valence-corrected chi connectivity index (χ1v) is 6.18. The van der Waals surface area contributed by atoms with Crippen molar-refractivity contribution in [3.8, 4) is 17.2 Å². The van der Waals surface area contributed by atoms with Gasteiger partial charge in [0.1, 0.15) is 13.2 Å². The molecule has 0 radical (unpaired) electrons. The third-order valence-electron chi connectivity index (χ3n) is 3.03. The Hall–Kier alpha value is -2.02. The standard InChI is InChI=1S/C13H16FNO5/c1-18-12-7(8(15)2-3-10(16)17)6-9-13(11(12)14)20-5-4-19-9/h6,8H,2-5,15H2,1H3,(H,16,17). The second-order valence-electron chi connectivity index (χ2n) is 4.38. The van der Waals surface area contributed by atoms with Crippen LogP contribution >= 0.6 is 0 Å². The largest absolute Gasteiger partial charge is 0.493 e. The van der Waals surface area contributed by atoms with Gasteiger partial charge in [-0.1, -0.05) is 0 Å². The summed E-state index contributed by atoms with van der Waals surface area (Å²) in [5, 5.41) is 8.68. The Balaban J connectivity index is 2.36. The minimum atomic E-state index is -0.961. The van der Waals surface area contributed by atoms with Gasteiger partial charge in [-0.3, -0.25) is 4.79 Å². The van der Waals surface area contributed by atoms with Crippen LogP contribution in [0.5, 0.6) is 17.2 Å². The van der Waals surface area contributed by atoms with E-state index in [1.165, 1.54) is 7.11 Å².